The number of aryl methyl sites for hydroxylation is 1. The molecular formula is C24H26ClFN5O2S+. The average molecular weight is 503 g/mol. The van der Waals surface area contributed by atoms with Crippen molar-refractivity contribution in [3.63, 3.8) is 0 Å². The zero-order valence-electron chi connectivity index (χ0n) is 19.2. The number of fused-ring (bicyclic) bond motifs is 4. The fourth-order valence-corrected chi connectivity index (χ4v) is 6.61. The Hall–Kier alpha value is -2.33. The lowest BCUT2D eigenvalue weighted by atomic mass is 9.84. The molecule has 3 aromatic rings. The van der Waals surface area contributed by atoms with Crippen molar-refractivity contribution in [1.29, 1.82) is 0 Å². The van der Waals surface area contributed by atoms with E-state index >= 15 is 0 Å². The van der Waals surface area contributed by atoms with E-state index in [0.29, 0.717) is 47.3 Å². The molecule has 0 bridgehead atoms. The van der Waals surface area contributed by atoms with Crippen LogP contribution in [0.1, 0.15) is 35.9 Å². The highest BCUT2D eigenvalue weighted by Crippen LogP contribution is 2.47. The maximum Gasteiger partial charge on any atom is 0.470 e. The van der Waals surface area contributed by atoms with Gasteiger partial charge in [0.05, 0.1) is 17.9 Å². The number of H-pyrrole nitrogens is 1. The Morgan fingerprint density at radius 3 is 2.82 bits per heavy atom. The number of anilines is 1. The van der Waals surface area contributed by atoms with Crippen LogP contribution in [0.4, 0.5) is 10.1 Å². The summed E-state index contributed by atoms with van der Waals surface area (Å²) < 4.78 is 24.4. The van der Waals surface area contributed by atoms with Crippen LogP contribution in [0.15, 0.2) is 44.4 Å². The van der Waals surface area contributed by atoms with E-state index in [1.165, 1.54) is 6.07 Å². The summed E-state index contributed by atoms with van der Waals surface area (Å²) in [6.07, 6.45) is 2.55. The van der Waals surface area contributed by atoms with E-state index in [1.54, 1.807) is 22.7 Å². The third kappa shape index (κ3) is 3.48. The van der Waals surface area contributed by atoms with Gasteiger partial charge in [0.2, 0.25) is 5.69 Å². The van der Waals surface area contributed by atoms with E-state index in [0.717, 1.165) is 29.0 Å². The van der Waals surface area contributed by atoms with Crippen LogP contribution in [0.2, 0.25) is 5.02 Å². The van der Waals surface area contributed by atoms with Gasteiger partial charge in [-0.1, -0.05) is 16.7 Å². The van der Waals surface area contributed by atoms with Crippen molar-refractivity contribution in [2.45, 2.75) is 49.2 Å². The molecule has 7 nitrogen and oxygen atoms in total. The van der Waals surface area contributed by atoms with Gasteiger partial charge in [-0.15, -0.1) is 0 Å². The van der Waals surface area contributed by atoms with E-state index in [9.17, 15) is 9.18 Å². The number of rotatable bonds is 3. The van der Waals surface area contributed by atoms with Crippen LogP contribution >= 0.6 is 23.5 Å². The van der Waals surface area contributed by atoms with E-state index < -0.39 is 5.76 Å². The van der Waals surface area contributed by atoms with E-state index in [4.69, 9.17) is 16.0 Å². The van der Waals surface area contributed by atoms with Gasteiger partial charge in [0, 0.05) is 34.0 Å². The first-order valence-electron chi connectivity index (χ1n) is 11.4. The van der Waals surface area contributed by atoms with Crippen molar-refractivity contribution < 1.29 is 13.5 Å². The first-order chi connectivity index (χ1) is 16.3. The quantitative estimate of drug-likeness (QED) is 0.434. The van der Waals surface area contributed by atoms with Gasteiger partial charge in [-0.3, -0.25) is 0 Å². The van der Waals surface area contributed by atoms with Gasteiger partial charge >= 0.3 is 11.6 Å². The number of nitrogens with zero attached hydrogens (tertiary/aromatic N) is 4. The van der Waals surface area contributed by atoms with Crippen LogP contribution < -0.4 is 15.3 Å². The third-order valence-electron chi connectivity index (χ3n) is 7.30. The first kappa shape index (κ1) is 22.2. The third-order valence-corrected chi connectivity index (χ3v) is 8.68. The Bertz CT molecular complexity index is 1340. The van der Waals surface area contributed by atoms with Crippen LogP contribution in [-0.2, 0) is 6.42 Å². The van der Waals surface area contributed by atoms with Crippen molar-refractivity contribution in [2.24, 2.45) is 0 Å². The lowest BCUT2D eigenvalue weighted by Gasteiger charge is -2.50. The van der Waals surface area contributed by atoms with Gasteiger partial charge in [0.15, 0.2) is 6.04 Å². The van der Waals surface area contributed by atoms with Crippen LogP contribution in [-0.4, -0.2) is 47.2 Å². The molecule has 1 N–H and O–H groups in total. The Balaban J connectivity index is 1.40. The predicted octanol–water partition coefficient (Wildman–Crippen LogP) is 3.82. The van der Waals surface area contributed by atoms with Gasteiger partial charge in [0.25, 0.3) is 0 Å². The molecule has 3 heterocycles. The lowest BCUT2D eigenvalue weighted by molar-refractivity contribution is -0.675. The minimum atomic E-state index is -0.546. The molecule has 178 valence electrons. The Morgan fingerprint density at radius 1 is 1.26 bits per heavy atom. The van der Waals surface area contributed by atoms with E-state index in [2.05, 4.69) is 33.3 Å². The van der Waals surface area contributed by atoms with Crippen LogP contribution in [0, 0.1) is 12.7 Å². The summed E-state index contributed by atoms with van der Waals surface area (Å²) in [5.41, 5.74) is 3.26. The molecule has 1 atom stereocenters. The van der Waals surface area contributed by atoms with Gasteiger partial charge in [-0.2, -0.15) is 0 Å². The number of benzene rings is 2. The number of hydrogen-bond donors (Lipinski definition) is 1. The Morgan fingerprint density at radius 2 is 2.06 bits per heavy atom. The number of hydrogen-bond acceptors (Lipinski definition) is 6. The standard InChI is InChI=1S/C24H25ClFN5O2S/c1-13-4-6-18(26)17-11-20(23-31(22(13)17)27-24(32)33-23)30-12-29(16-9-15(10-16)28(2)3)19-8-14(25)5-7-21(19)34-30/h4-8,15-16,20H,9-12H2,1-3H3/p+1/t15?,16?,20-/m0/s1. The second-order valence-corrected chi connectivity index (χ2v) is 11.1. The van der Waals surface area contributed by atoms with Crippen LogP contribution in [0.25, 0.3) is 5.69 Å². The zero-order valence-corrected chi connectivity index (χ0v) is 20.8. The molecule has 0 spiro atoms. The van der Waals surface area contributed by atoms with E-state index in [-0.39, 0.29) is 11.9 Å². The normalized spacial score (nSPS) is 23.9. The summed E-state index contributed by atoms with van der Waals surface area (Å²) in [7, 11) is 4.24. The summed E-state index contributed by atoms with van der Waals surface area (Å²) in [4.78, 5) is 18.0. The molecule has 2 aromatic carbocycles. The summed E-state index contributed by atoms with van der Waals surface area (Å²) in [5.74, 6) is -0.323. The molecule has 0 saturated heterocycles. The van der Waals surface area contributed by atoms with Gasteiger partial charge < -0.3 is 14.2 Å². The average Bonchev–Trinajstić information content (AvgIpc) is 3.15. The summed E-state index contributed by atoms with van der Waals surface area (Å²) in [5, 5.41) is 3.45. The molecule has 1 fully saturated rings. The summed E-state index contributed by atoms with van der Waals surface area (Å²) in [6.45, 7) is 2.53. The zero-order chi connectivity index (χ0) is 23.7. The van der Waals surface area contributed by atoms with Crippen molar-refractivity contribution >= 4 is 29.2 Å². The molecule has 34 heavy (non-hydrogen) atoms. The topological polar surface area (TPSA) is 59.6 Å². The molecule has 0 unspecified atom stereocenters. The highest BCUT2D eigenvalue weighted by atomic mass is 35.5. The SMILES string of the molecule is Cc1ccc(F)c2c1-[n+]1[nH]c(=O)oc1[C@@H](N1CN(C3CC(N(C)C)C3)c3cc(Cl)ccc3S1)C2. The number of aromatic nitrogens is 2. The molecule has 10 heteroatoms. The lowest BCUT2D eigenvalue weighted by Crippen LogP contribution is -2.56. The van der Waals surface area contributed by atoms with Crippen molar-refractivity contribution in [3.05, 3.63) is 68.7 Å². The predicted molar refractivity (Wildman–Crippen MR) is 129 cm³/mol. The smallest absolute Gasteiger partial charge is 0.354 e. The first-order valence-corrected chi connectivity index (χ1v) is 12.6. The second-order valence-electron chi connectivity index (χ2n) is 9.56. The molecular weight excluding hydrogens is 477 g/mol. The number of nitrogens with one attached hydrogen (secondary N) is 1. The molecule has 1 saturated carbocycles. The molecule has 1 aromatic heterocycles. The van der Waals surface area contributed by atoms with Crippen LogP contribution in [0.5, 0.6) is 0 Å². The second kappa shape index (κ2) is 8.12. The fraction of sp³-hybridized carbons (Fsp3) is 0.417. The van der Waals surface area contributed by atoms with Gasteiger partial charge in [0.1, 0.15) is 5.82 Å². The fourth-order valence-electron chi connectivity index (χ4n) is 5.32. The maximum absolute atomic E-state index is 15.0. The highest BCUT2D eigenvalue weighted by Gasteiger charge is 2.47. The van der Waals surface area contributed by atoms with E-state index in [1.807, 2.05) is 25.1 Å². The largest absolute Gasteiger partial charge is 0.470 e. The molecule has 0 amide bonds. The molecule has 3 aliphatic rings. The van der Waals surface area contributed by atoms with Crippen LogP contribution in [0.3, 0.4) is 0 Å². The van der Waals surface area contributed by atoms with Gasteiger partial charge in [-0.05, 0) is 80.8 Å². The monoisotopic (exact) mass is 502 g/mol. The summed E-state index contributed by atoms with van der Waals surface area (Å²) >= 11 is 7.98. The molecule has 6 rings (SSSR count). The Labute approximate surface area is 206 Å². The summed E-state index contributed by atoms with van der Waals surface area (Å²) in [6, 6.07) is 9.81. The maximum atomic E-state index is 15.0. The Kier molecular flexibility index (Phi) is 5.29. The highest BCUT2D eigenvalue weighted by molar-refractivity contribution is 7.97. The van der Waals surface area contributed by atoms with Crippen molar-refractivity contribution in [2.75, 3.05) is 25.7 Å². The number of aromatic amines is 1. The molecule has 0 radical (unpaired) electrons. The van der Waals surface area contributed by atoms with Crippen molar-refractivity contribution in [3.8, 4) is 5.69 Å². The van der Waals surface area contributed by atoms with Gasteiger partial charge in [-0.25, -0.2) is 13.5 Å². The minimum Gasteiger partial charge on any atom is -0.354 e. The number of halogens is 2. The van der Waals surface area contributed by atoms with Crippen molar-refractivity contribution in [1.82, 2.24) is 14.3 Å². The minimum absolute atomic E-state index is 0.273. The molecule has 1 aliphatic carbocycles. The molecule has 2 aliphatic heterocycles.